The van der Waals surface area contributed by atoms with Crippen molar-refractivity contribution in [3.63, 3.8) is 0 Å². The Balaban J connectivity index is 1.56. The smallest absolute Gasteiger partial charge is 0.313 e. The number of likely N-dealkylation sites (tertiary alicyclic amines) is 1. The first kappa shape index (κ1) is 16.7. The maximum absolute atomic E-state index is 12.2. The van der Waals surface area contributed by atoms with E-state index in [1.807, 2.05) is 37.4 Å². The molecule has 6 nitrogen and oxygen atoms in total. The number of hydrogen-bond acceptors (Lipinski definition) is 5. The average Bonchev–Trinajstić information content (AvgIpc) is 3.33. The Morgan fingerprint density at radius 3 is 2.70 bits per heavy atom. The molecule has 140 valence electrons. The molecule has 5 rings (SSSR count). The number of hydrogen-bond donors (Lipinski definition) is 1. The van der Waals surface area contributed by atoms with Gasteiger partial charge in [-0.05, 0) is 26.3 Å². The van der Waals surface area contributed by atoms with E-state index in [9.17, 15) is 9.90 Å². The van der Waals surface area contributed by atoms with Crippen molar-refractivity contribution in [2.45, 2.75) is 19.3 Å². The van der Waals surface area contributed by atoms with Gasteiger partial charge >= 0.3 is 5.97 Å². The third kappa shape index (κ3) is 2.54. The second-order valence-electron chi connectivity index (χ2n) is 8.25. The third-order valence-corrected chi connectivity index (χ3v) is 6.45. The number of nitrogens with zero attached hydrogens (tertiary/aromatic N) is 4. The molecular weight excluding hydrogens is 340 g/mol. The van der Waals surface area contributed by atoms with E-state index in [2.05, 4.69) is 9.80 Å². The number of aliphatic carboxylic acids is 1. The fraction of sp³-hybridized carbons (Fsp3) is 0.476. The Hall–Kier alpha value is -2.47. The van der Waals surface area contributed by atoms with Crippen molar-refractivity contribution >= 4 is 11.8 Å². The SMILES string of the molecule is CN1C[C@H]2CN(c3nc(-c4ccccc4)nc4c3CCC4)C[C@@]2(C(=O)O)C1. The van der Waals surface area contributed by atoms with Gasteiger partial charge in [0.15, 0.2) is 5.82 Å². The molecule has 2 aromatic rings. The van der Waals surface area contributed by atoms with Crippen LogP contribution in [-0.2, 0) is 17.6 Å². The van der Waals surface area contributed by atoms with Crippen LogP contribution in [0.1, 0.15) is 17.7 Å². The third-order valence-electron chi connectivity index (χ3n) is 6.45. The van der Waals surface area contributed by atoms with Crippen LogP contribution in [0.4, 0.5) is 5.82 Å². The lowest BCUT2D eigenvalue weighted by Crippen LogP contribution is -2.40. The van der Waals surface area contributed by atoms with Crippen molar-refractivity contribution in [3.8, 4) is 11.4 Å². The topological polar surface area (TPSA) is 69.6 Å². The lowest BCUT2D eigenvalue weighted by atomic mass is 9.81. The van der Waals surface area contributed by atoms with E-state index in [0.717, 1.165) is 55.3 Å². The van der Waals surface area contributed by atoms with Crippen LogP contribution in [0.3, 0.4) is 0 Å². The zero-order valence-corrected chi connectivity index (χ0v) is 15.6. The fourth-order valence-corrected chi connectivity index (χ4v) is 5.17. The van der Waals surface area contributed by atoms with Crippen LogP contribution in [0.25, 0.3) is 11.4 Å². The van der Waals surface area contributed by atoms with Gasteiger partial charge in [-0.3, -0.25) is 4.79 Å². The second kappa shape index (κ2) is 6.02. The molecule has 1 N–H and O–H groups in total. The van der Waals surface area contributed by atoms with Gasteiger partial charge in [0, 0.05) is 48.9 Å². The highest BCUT2D eigenvalue weighted by Crippen LogP contribution is 2.45. The standard InChI is InChI=1S/C21H24N4O2/c1-24-10-15-11-25(13-21(15,12-24)20(26)27)19-16-8-5-9-17(16)22-18(23-19)14-6-3-2-4-7-14/h2-4,6-7,15H,5,8-13H2,1H3,(H,26,27)/t15-,21-/m0/s1. The normalized spacial score (nSPS) is 27.0. The fourth-order valence-electron chi connectivity index (χ4n) is 5.17. The Bertz CT molecular complexity index is 901. The quantitative estimate of drug-likeness (QED) is 0.899. The van der Waals surface area contributed by atoms with Crippen LogP contribution in [0.5, 0.6) is 0 Å². The molecule has 0 radical (unpaired) electrons. The van der Waals surface area contributed by atoms with Gasteiger partial charge in [0.2, 0.25) is 0 Å². The molecule has 3 aliphatic rings. The van der Waals surface area contributed by atoms with Crippen LogP contribution < -0.4 is 4.90 Å². The highest BCUT2D eigenvalue weighted by Gasteiger charge is 2.57. The summed E-state index contributed by atoms with van der Waals surface area (Å²) in [4.78, 5) is 26.3. The highest BCUT2D eigenvalue weighted by atomic mass is 16.4. The molecule has 1 aliphatic carbocycles. The number of carboxylic acids is 1. The summed E-state index contributed by atoms with van der Waals surface area (Å²) in [5, 5.41) is 10.00. The van der Waals surface area contributed by atoms with Crippen molar-refractivity contribution in [2.75, 3.05) is 38.1 Å². The van der Waals surface area contributed by atoms with Crippen LogP contribution in [0.2, 0.25) is 0 Å². The van der Waals surface area contributed by atoms with E-state index in [-0.39, 0.29) is 5.92 Å². The van der Waals surface area contributed by atoms with E-state index in [0.29, 0.717) is 13.1 Å². The Kier molecular flexibility index (Phi) is 3.72. The Labute approximate surface area is 158 Å². The van der Waals surface area contributed by atoms with Crippen molar-refractivity contribution in [1.29, 1.82) is 0 Å². The minimum atomic E-state index is -0.682. The van der Waals surface area contributed by atoms with Gasteiger partial charge in [-0.2, -0.15) is 0 Å². The van der Waals surface area contributed by atoms with Crippen molar-refractivity contribution in [3.05, 3.63) is 41.6 Å². The summed E-state index contributed by atoms with van der Waals surface area (Å²) in [5.74, 6) is 1.19. The molecule has 27 heavy (non-hydrogen) atoms. The Morgan fingerprint density at radius 2 is 1.96 bits per heavy atom. The molecule has 0 spiro atoms. The predicted molar refractivity (Wildman–Crippen MR) is 103 cm³/mol. The number of anilines is 1. The van der Waals surface area contributed by atoms with E-state index in [1.165, 1.54) is 5.56 Å². The van der Waals surface area contributed by atoms with Gasteiger partial charge in [0.1, 0.15) is 11.2 Å². The first-order valence-corrected chi connectivity index (χ1v) is 9.69. The lowest BCUT2D eigenvalue weighted by Gasteiger charge is -2.26. The minimum Gasteiger partial charge on any atom is -0.481 e. The first-order valence-electron chi connectivity index (χ1n) is 9.69. The van der Waals surface area contributed by atoms with Gasteiger partial charge in [-0.15, -0.1) is 0 Å². The van der Waals surface area contributed by atoms with Crippen LogP contribution in [0.15, 0.2) is 30.3 Å². The molecule has 0 bridgehead atoms. The molecule has 0 saturated carbocycles. The molecule has 2 fully saturated rings. The number of fused-ring (bicyclic) bond motifs is 2. The first-order chi connectivity index (χ1) is 13.1. The van der Waals surface area contributed by atoms with Gasteiger partial charge < -0.3 is 14.9 Å². The molecule has 1 aromatic heterocycles. The zero-order chi connectivity index (χ0) is 18.6. The van der Waals surface area contributed by atoms with Crippen molar-refractivity contribution in [1.82, 2.24) is 14.9 Å². The number of carboxylic acid groups (broad SMARTS) is 1. The van der Waals surface area contributed by atoms with E-state index < -0.39 is 11.4 Å². The van der Waals surface area contributed by atoms with E-state index >= 15 is 0 Å². The molecule has 2 saturated heterocycles. The summed E-state index contributed by atoms with van der Waals surface area (Å²) in [6.07, 6.45) is 3.06. The van der Waals surface area contributed by atoms with E-state index in [1.54, 1.807) is 0 Å². The second-order valence-corrected chi connectivity index (χ2v) is 8.25. The number of benzene rings is 1. The number of aromatic nitrogens is 2. The molecule has 1 aromatic carbocycles. The molecule has 2 aliphatic heterocycles. The number of rotatable bonds is 3. The number of aryl methyl sites for hydroxylation is 1. The van der Waals surface area contributed by atoms with Gasteiger partial charge in [0.25, 0.3) is 0 Å². The summed E-state index contributed by atoms with van der Waals surface area (Å²) in [7, 11) is 2.02. The summed E-state index contributed by atoms with van der Waals surface area (Å²) >= 11 is 0. The number of carbonyl (C=O) groups is 1. The molecule has 6 heteroatoms. The minimum absolute atomic E-state index is 0.146. The molecule has 0 unspecified atom stereocenters. The van der Waals surface area contributed by atoms with Crippen LogP contribution in [0, 0.1) is 11.3 Å². The lowest BCUT2D eigenvalue weighted by molar-refractivity contribution is -0.148. The predicted octanol–water partition coefficient (Wildman–Crippen LogP) is 2.08. The van der Waals surface area contributed by atoms with Gasteiger partial charge in [-0.1, -0.05) is 30.3 Å². The summed E-state index contributed by atoms with van der Waals surface area (Å²) in [6.45, 7) is 2.74. The zero-order valence-electron chi connectivity index (χ0n) is 15.6. The van der Waals surface area contributed by atoms with Gasteiger partial charge in [-0.25, -0.2) is 9.97 Å². The van der Waals surface area contributed by atoms with Crippen LogP contribution in [-0.4, -0.2) is 59.2 Å². The van der Waals surface area contributed by atoms with Gasteiger partial charge in [0.05, 0.1) is 0 Å². The average molecular weight is 364 g/mol. The highest BCUT2D eigenvalue weighted by molar-refractivity contribution is 5.78. The molecule has 0 amide bonds. The monoisotopic (exact) mass is 364 g/mol. The Morgan fingerprint density at radius 1 is 1.15 bits per heavy atom. The summed E-state index contributed by atoms with van der Waals surface area (Å²) in [6, 6.07) is 10.1. The van der Waals surface area contributed by atoms with Crippen molar-refractivity contribution < 1.29 is 9.90 Å². The molecule has 3 heterocycles. The van der Waals surface area contributed by atoms with Crippen molar-refractivity contribution in [2.24, 2.45) is 11.3 Å². The summed E-state index contributed by atoms with van der Waals surface area (Å²) < 4.78 is 0. The maximum atomic E-state index is 12.2. The summed E-state index contributed by atoms with van der Waals surface area (Å²) in [5.41, 5.74) is 2.69. The molecule has 2 atom stereocenters. The molecular formula is C21H24N4O2. The van der Waals surface area contributed by atoms with Crippen LogP contribution >= 0.6 is 0 Å². The van der Waals surface area contributed by atoms with E-state index in [4.69, 9.17) is 9.97 Å². The largest absolute Gasteiger partial charge is 0.481 e. The maximum Gasteiger partial charge on any atom is 0.313 e.